The summed E-state index contributed by atoms with van der Waals surface area (Å²) in [5, 5.41) is 5.51. The number of amides is 1. The van der Waals surface area contributed by atoms with Crippen molar-refractivity contribution in [3.8, 4) is 11.4 Å². The number of nitrogens with zero attached hydrogens (tertiary/aromatic N) is 3. The summed E-state index contributed by atoms with van der Waals surface area (Å²) in [5.74, 6) is 0.870. The van der Waals surface area contributed by atoms with Crippen LogP contribution in [0.5, 0.6) is 0 Å². The van der Waals surface area contributed by atoms with Gasteiger partial charge >= 0.3 is 0 Å². The molecule has 5 nitrogen and oxygen atoms in total. The zero-order valence-corrected chi connectivity index (χ0v) is 18.1. The van der Waals surface area contributed by atoms with E-state index in [-0.39, 0.29) is 27.4 Å². The number of hydrogen-bond acceptors (Lipinski definition) is 4. The van der Waals surface area contributed by atoms with E-state index in [0.29, 0.717) is 47.7 Å². The molecule has 0 N–H and O–H groups in total. The molecular formula is C20H15Cl4N3O2. The second-order valence-electron chi connectivity index (χ2n) is 6.75. The number of benzene rings is 2. The van der Waals surface area contributed by atoms with Gasteiger partial charge in [-0.2, -0.15) is 4.98 Å². The molecule has 1 aromatic heterocycles. The second-order valence-corrected chi connectivity index (χ2v) is 8.41. The monoisotopic (exact) mass is 469 g/mol. The third-order valence-electron chi connectivity index (χ3n) is 4.91. The fourth-order valence-electron chi connectivity index (χ4n) is 3.39. The minimum Gasteiger partial charge on any atom is -0.339 e. The first-order valence-electron chi connectivity index (χ1n) is 8.96. The van der Waals surface area contributed by atoms with E-state index >= 15 is 0 Å². The Hall–Kier alpha value is -1.79. The summed E-state index contributed by atoms with van der Waals surface area (Å²) in [6.45, 7) is 1.06. The van der Waals surface area contributed by atoms with Gasteiger partial charge in [-0.1, -0.05) is 63.7 Å². The topological polar surface area (TPSA) is 59.2 Å². The highest BCUT2D eigenvalue weighted by Gasteiger charge is 2.30. The molecule has 4 rings (SSSR count). The SMILES string of the molecule is O=C(c1c(Cl)cc(Cl)cc1Cl)N1CCC(c2nc(-c3ccccc3Cl)no2)CC1. The van der Waals surface area contributed by atoms with E-state index in [9.17, 15) is 4.79 Å². The van der Waals surface area contributed by atoms with Crippen molar-refractivity contribution < 1.29 is 9.32 Å². The largest absolute Gasteiger partial charge is 0.339 e. The number of aromatic nitrogens is 2. The van der Waals surface area contributed by atoms with Crippen molar-refractivity contribution in [3.05, 3.63) is 67.9 Å². The summed E-state index contributed by atoms with van der Waals surface area (Å²) in [6.07, 6.45) is 1.39. The quantitative estimate of drug-likeness (QED) is 0.446. The molecule has 0 atom stereocenters. The van der Waals surface area contributed by atoms with Crippen molar-refractivity contribution in [1.29, 1.82) is 0 Å². The Balaban J connectivity index is 1.45. The van der Waals surface area contributed by atoms with Gasteiger partial charge in [-0.3, -0.25) is 4.79 Å². The predicted octanol–water partition coefficient (Wildman–Crippen LogP) is 6.37. The van der Waals surface area contributed by atoms with Crippen molar-refractivity contribution in [2.75, 3.05) is 13.1 Å². The van der Waals surface area contributed by atoms with Crippen LogP contribution >= 0.6 is 46.4 Å². The van der Waals surface area contributed by atoms with E-state index < -0.39 is 0 Å². The molecule has 2 heterocycles. The van der Waals surface area contributed by atoms with Gasteiger partial charge < -0.3 is 9.42 Å². The van der Waals surface area contributed by atoms with Gasteiger partial charge in [-0.15, -0.1) is 0 Å². The smallest absolute Gasteiger partial charge is 0.256 e. The minimum atomic E-state index is -0.211. The molecule has 1 saturated heterocycles. The van der Waals surface area contributed by atoms with Gasteiger partial charge in [-0.25, -0.2) is 0 Å². The fraction of sp³-hybridized carbons (Fsp3) is 0.250. The molecule has 1 amide bonds. The molecule has 1 aliphatic rings. The van der Waals surface area contributed by atoms with E-state index in [1.807, 2.05) is 18.2 Å². The van der Waals surface area contributed by atoms with Crippen LogP contribution in [-0.2, 0) is 0 Å². The molecule has 0 aliphatic carbocycles. The maximum Gasteiger partial charge on any atom is 0.256 e. The predicted molar refractivity (Wildman–Crippen MR) is 114 cm³/mol. The normalized spacial score (nSPS) is 15.0. The third-order valence-corrected chi connectivity index (χ3v) is 6.05. The number of piperidine rings is 1. The van der Waals surface area contributed by atoms with Crippen LogP contribution in [0, 0.1) is 0 Å². The van der Waals surface area contributed by atoms with Crippen LogP contribution in [0.25, 0.3) is 11.4 Å². The highest BCUT2D eigenvalue weighted by molar-refractivity contribution is 6.42. The van der Waals surface area contributed by atoms with Crippen LogP contribution in [0.15, 0.2) is 40.9 Å². The van der Waals surface area contributed by atoms with E-state index in [4.69, 9.17) is 50.9 Å². The third kappa shape index (κ3) is 4.24. The van der Waals surface area contributed by atoms with Gasteiger partial charge in [0.25, 0.3) is 5.91 Å². The lowest BCUT2D eigenvalue weighted by molar-refractivity contribution is 0.0705. The number of halogens is 4. The Labute approximate surface area is 187 Å². The fourth-order valence-corrected chi connectivity index (χ4v) is 4.59. The number of carbonyl (C=O) groups excluding carboxylic acids is 1. The van der Waals surface area contributed by atoms with Crippen molar-refractivity contribution in [1.82, 2.24) is 15.0 Å². The molecule has 0 saturated carbocycles. The summed E-state index contributed by atoms with van der Waals surface area (Å²) >= 11 is 24.5. The lowest BCUT2D eigenvalue weighted by Gasteiger charge is -2.30. The number of carbonyl (C=O) groups is 1. The summed E-state index contributed by atoms with van der Waals surface area (Å²) in [7, 11) is 0. The Kier molecular flexibility index (Phi) is 6.02. The molecule has 0 bridgehead atoms. The van der Waals surface area contributed by atoms with Crippen molar-refractivity contribution in [2.45, 2.75) is 18.8 Å². The zero-order valence-electron chi connectivity index (χ0n) is 15.0. The number of hydrogen-bond donors (Lipinski definition) is 0. The van der Waals surface area contributed by atoms with Crippen LogP contribution in [0.3, 0.4) is 0 Å². The molecule has 2 aromatic carbocycles. The molecule has 0 radical (unpaired) electrons. The Morgan fingerprint density at radius 2 is 1.66 bits per heavy atom. The second kappa shape index (κ2) is 8.52. The molecule has 0 spiro atoms. The Morgan fingerprint density at radius 1 is 1.00 bits per heavy atom. The first-order valence-corrected chi connectivity index (χ1v) is 10.5. The molecule has 1 aliphatic heterocycles. The summed E-state index contributed by atoms with van der Waals surface area (Å²) in [5.41, 5.74) is 0.999. The first kappa shape index (κ1) is 20.5. The van der Waals surface area contributed by atoms with E-state index in [0.717, 1.165) is 5.56 Å². The maximum absolute atomic E-state index is 12.9. The number of rotatable bonds is 3. The van der Waals surface area contributed by atoms with Crippen LogP contribution in [0.1, 0.15) is 35.0 Å². The highest BCUT2D eigenvalue weighted by Crippen LogP contribution is 2.34. The first-order chi connectivity index (χ1) is 13.9. The number of likely N-dealkylation sites (tertiary alicyclic amines) is 1. The average Bonchev–Trinajstić information content (AvgIpc) is 3.17. The van der Waals surface area contributed by atoms with E-state index in [2.05, 4.69) is 10.1 Å². The molecule has 3 aromatic rings. The molecule has 1 fully saturated rings. The van der Waals surface area contributed by atoms with Gasteiger partial charge in [0.1, 0.15) is 0 Å². The van der Waals surface area contributed by atoms with Gasteiger partial charge in [0.15, 0.2) is 0 Å². The van der Waals surface area contributed by atoms with E-state index in [1.165, 1.54) is 12.1 Å². The molecule has 9 heteroatoms. The van der Waals surface area contributed by atoms with Gasteiger partial charge in [0.2, 0.25) is 11.7 Å². The van der Waals surface area contributed by atoms with Crippen LogP contribution in [0.4, 0.5) is 0 Å². The molecule has 150 valence electrons. The van der Waals surface area contributed by atoms with Crippen molar-refractivity contribution in [3.63, 3.8) is 0 Å². The minimum absolute atomic E-state index is 0.0685. The van der Waals surface area contributed by atoms with Crippen LogP contribution < -0.4 is 0 Å². The van der Waals surface area contributed by atoms with Gasteiger partial charge in [-0.05, 0) is 37.1 Å². The average molecular weight is 471 g/mol. The standard InChI is InChI=1S/C20H15Cl4N3O2/c21-12-9-15(23)17(16(24)10-12)20(28)27-7-5-11(6-8-27)19-25-18(26-29-19)13-3-1-2-4-14(13)22/h1-4,9-11H,5-8H2. The lowest BCUT2D eigenvalue weighted by atomic mass is 9.96. The Morgan fingerprint density at radius 3 is 2.31 bits per heavy atom. The molecule has 29 heavy (non-hydrogen) atoms. The maximum atomic E-state index is 12.9. The van der Waals surface area contributed by atoms with Gasteiger partial charge in [0.05, 0.1) is 20.6 Å². The molecular weight excluding hydrogens is 456 g/mol. The van der Waals surface area contributed by atoms with Crippen molar-refractivity contribution in [2.24, 2.45) is 0 Å². The Bertz CT molecular complexity index is 1040. The van der Waals surface area contributed by atoms with Crippen LogP contribution in [-0.4, -0.2) is 34.0 Å². The lowest BCUT2D eigenvalue weighted by Crippen LogP contribution is -2.38. The zero-order chi connectivity index (χ0) is 20.5. The van der Waals surface area contributed by atoms with Crippen LogP contribution in [0.2, 0.25) is 20.1 Å². The summed E-state index contributed by atoms with van der Waals surface area (Å²) in [4.78, 5) is 19.1. The summed E-state index contributed by atoms with van der Waals surface area (Å²) < 4.78 is 5.47. The van der Waals surface area contributed by atoms with Gasteiger partial charge in [0, 0.05) is 29.6 Å². The van der Waals surface area contributed by atoms with Crippen molar-refractivity contribution >= 4 is 52.3 Å². The summed E-state index contributed by atoms with van der Waals surface area (Å²) in [6, 6.07) is 10.4. The molecule has 0 unspecified atom stereocenters. The van der Waals surface area contributed by atoms with E-state index in [1.54, 1.807) is 11.0 Å². The highest BCUT2D eigenvalue weighted by atomic mass is 35.5.